The van der Waals surface area contributed by atoms with Gasteiger partial charge in [0.15, 0.2) is 0 Å². The molecule has 1 N–H and O–H groups in total. The van der Waals surface area contributed by atoms with Crippen LogP contribution in [-0.2, 0) is 4.79 Å². The Morgan fingerprint density at radius 1 is 1.31 bits per heavy atom. The van der Waals surface area contributed by atoms with Gasteiger partial charge in [0.25, 0.3) is 0 Å². The van der Waals surface area contributed by atoms with Gasteiger partial charge in [-0.15, -0.1) is 0 Å². The first kappa shape index (κ1) is 13.7. The van der Waals surface area contributed by atoms with Crippen LogP contribution < -0.4 is 0 Å². The van der Waals surface area contributed by atoms with Crippen LogP contribution in [0.4, 0.5) is 0 Å². The molecule has 0 bridgehead atoms. The van der Waals surface area contributed by atoms with Crippen LogP contribution in [0.1, 0.15) is 46.0 Å². The minimum atomic E-state index is 0.135. The van der Waals surface area contributed by atoms with Crippen LogP contribution in [0, 0.1) is 5.92 Å². The second kappa shape index (κ2) is 7.02. The minimum absolute atomic E-state index is 0.135. The molecule has 0 saturated heterocycles. The summed E-state index contributed by atoms with van der Waals surface area (Å²) in [5, 5.41) is 8.96. The average Bonchev–Trinajstić information content (AvgIpc) is 2.29. The number of aliphatic hydroxyl groups excluding tert-OH is 1. The first-order chi connectivity index (χ1) is 7.65. The highest BCUT2D eigenvalue weighted by molar-refractivity contribution is 5.83. The number of aliphatic hydroxyl groups is 1. The summed E-state index contributed by atoms with van der Waals surface area (Å²) in [6.07, 6.45) is 5.85. The lowest BCUT2D eigenvalue weighted by Gasteiger charge is -2.28. The number of rotatable bonds is 6. The monoisotopic (exact) mass is 227 g/mol. The summed E-state index contributed by atoms with van der Waals surface area (Å²) < 4.78 is 0. The molecular weight excluding hydrogens is 202 g/mol. The molecule has 0 amide bonds. The third-order valence-corrected chi connectivity index (χ3v) is 3.54. The van der Waals surface area contributed by atoms with Crippen molar-refractivity contribution in [2.45, 2.75) is 52.0 Å². The Labute approximate surface area is 98.8 Å². The van der Waals surface area contributed by atoms with E-state index in [-0.39, 0.29) is 12.5 Å². The van der Waals surface area contributed by atoms with Crippen LogP contribution in [0.25, 0.3) is 0 Å². The molecule has 1 aliphatic carbocycles. The van der Waals surface area contributed by atoms with Crippen LogP contribution in [0.15, 0.2) is 0 Å². The zero-order chi connectivity index (χ0) is 12.0. The maximum absolute atomic E-state index is 12.1. The maximum atomic E-state index is 12.1. The van der Waals surface area contributed by atoms with Crippen molar-refractivity contribution in [1.82, 2.24) is 4.90 Å². The highest BCUT2D eigenvalue weighted by atomic mass is 16.3. The standard InChI is InChI=1S/C13H25NO2/c1-11(2)14(8-9-15)10-13(16)12-6-4-3-5-7-12/h11-12,15H,3-10H2,1-2H3. The molecule has 0 atom stereocenters. The van der Waals surface area contributed by atoms with Crippen LogP contribution in [0.2, 0.25) is 0 Å². The van der Waals surface area contributed by atoms with Gasteiger partial charge in [0.1, 0.15) is 5.78 Å². The summed E-state index contributed by atoms with van der Waals surface area (Å²) in [5.41, 5.74) is 0. The summed E-state index contributed by atoms with van der Waals surface area (Å²) in [7, 11) is 0. The largest absolute Gasteiger partial charge is 0.395 e. The lowest BCUT2D eigenvalue weighted by atomic mass is 9.86. The Morgan fingerprint density at radius 2 is 1.94 bits per heavy atom. The number of nitrogens with zero attached hydrogens (tertiary/aromatic N) is 1. The van der Waals surface area contributed by atoms with Gasteiger partial charge >= 0.3 is 0 Å². The SMILES string of the molecule is CC(C)N(CCO)CC(=O)C1CCCCC1. The van der Waals surface area contributed by atoms with Crippen molar-refractivity contribution in [1.29, 1.82) is 0 Å². The molecule has 0 radical (unpaired) electrons. The summed E-state index contributed by atoms with van der Waals surface area (Å²) in [6, 6.07) is 0.333. The van der Waals surface area contributed by atoms with E-state index in [1.165, 1.54) is 19.3 Å². The highest BCUT2D eigenvalue weighted by Crippen LogP contribution is 2.24. The van der Waals surface area contributed by atoms with Gasteiger partial charge in [-0.2, -0.15) is 0 Å². The predicted octanol–water partition coefficient (Wildman–Crippen LogP) is 1.84. The highest BCUT2D eigenvalue weighted by Gasteiger charge is 2.23. The van der Waals surface area contributed by atoms with E-state index in [0.29, 0.717) is 24.9 Å². The fourth-order valence-electron chi connectivity index (χ4n) is 2.40. The third kappa shape index (κ3) is 4.22. The van der Waals surface area contributed by atoms with Gasteiger partial charge in [0.2, 0.25) is 0 Å². The normalized spacial score (nSPS) is 18.3. The number of ketones is 1. The minimum Gasteiger partial charge on any atom is -0.395 e. The second-order valence-electron chi connectivity index (χ2n) is 5.09. The van der Waals surface area contributed by atoms with E-state index in [1.807, 2.05) is 0 Å². The van der Waals surface area contributed by atoms with Gasteiger partial charge in [-0.25, -0.2) is 0 Å². The predicted molar refractivity (Wildman–Crippen MR) is 65.4 cm³/mol. The Balaban J connectivity index is 2.40. The smallest absolute Gasteiger partial charge is 0.149 e. The number of carbonyl (C=O) groups excluding carboxylic acids is 1. The molecule has 0 aromatic carbocycles. The Bertz CT molecular complexity index is 210. The van der Waals surface area contributed by atoms with Crippen molar-refractivity contribution in [2.75, 3.05) is 19.7 Å². The van der Waals surface area contributed by atoms with Gasteiger partial charge in [-0.1, -0.05) is 19.3 Å². The van der Waals surface area contributed by atoms with Crippen molar-refractivity contribution in [3.63, 3.8) is 0 Å². The number of hydrogen-bond donors (Lipinski definition) is 1. The van der Waals surface area contributed by atoms with E-state index in [0.717, 1.165) is 12.8 Å². The van der Waals surface area contributed by atoms with Gasteiger partial charge < -0.3 is 5.11 Å². The van der Waals surface area contributed by atoms with Crippen molar-refractivity contribution in [3.8, 4) is 0 Å². The van der Waals surface area contributed by atoms with Gasteiger partial charge in [-0.3, -0.25) is 9.69 Å². The van der Waals surface area contributed by atoms with E-state index in [2.05, 4.69) is 18.7 Å². The molecule has 0 aromatic rings. The topological polar surface area (TPSA) is 40.5 Å². The zero-order valence-corrected chi connectivity index (χ0v) is 10.6. The molecule has 0 heterocycles. The lowest BCUT2D eigenvalue weighted by molar-refractivity contribution is -0.125. The summed E-state index contributed by atoms with van der Waals surface area (Å²) in [6.45, 7) is 5.41. The first-order valence-electron chi connectivity index (χ1n) is 6.52. The number of hydrogen-bond acceptors (Lipinski definition) is 3. The number of carbonyl (C=O) groups is 1. The molecule has 0 unspecified atom stereocenters. The quantitative estimate of drug-likeness (QED) is 0.752. The van der Waals surface area contributed by atoms with Gasteiger partial charge in [-0.05, 0) is 26.7 Å². The van der Waals surface area contributed by atoms with E-state index in [1.54, 1.807) is 0 Å². The van der Waals surface area contributed by atoms with Crippen molar-refractivity contribution in [3.05, 3.63) is 0 Å². The average molecular weight is 227 g/mol. The molecule has 3 nitrogen and oxygen atoms in total. The molecule has 0 aliphatic heterocycles. The first-order valence-corrected chi connectivity index (χ1v) is 6.52. The van der Waals surface area contributed by atoms with Gasteiger partial charge in [0, 0.05) is 18.5 Å². The molecule has 0 spiro atoms. The molecule has 1 fully saturated rings. The maximum Gasteiger partial charge on any atom is 0.149 e. The van der Waals surface area contributed by atoms with Gasteiger partial charge in [0.05, 0.1) is 13.2 Å². The molecule has 1 saturated carbocycles. The van der Waals surface area contributed by atoms with Crippen LogP contribution in [0.5, 0.6) is 0 Å². The van der Waals surface area contributed by atoms with Crippen LogP contribution in [-0.4, -0.2) is 41.5 Å². The van der Waals surface area contributed by atoms with Crippen LogP contribution in [0.3, 0.4) is 0 Å². The molecular formula is C13H25NO2. The summed E-state index contributed by atoms with van der Waals surface area (Å²) in [4.78, 5) is 14.1. The molecule has 3 heteroatoms. The second-order valence-corrected chi connectivity index (χ2v) is 5.09. The fourth-order valence-corrected chi connectivity index (χ4v) is 2.40. The van der Waals surface area contributed by atoms with Crippen molar-refractivity contribution in [2.24, 2.45) is 5.92 Å². The van der Waals surface area contributed by atoms with E-state index in [4.69, 9.17) is 5.11 Å². The molecule has 0 aromatic heterocycles. The molecule has 16 heavy (non-hydrogen) atoms. The van der Waals surface area contributed by atoms with Crippen molar-refractivity contribution < 1.29 is 9.90 Å². The Morgan fingerprint density at radius 3 is 2.44 bits per heavy atom. The van der Waals surface area contributed by atoms with E-state index < -0.39 is 0 Å². The Kier molecular flexibility index (Phi) is 5.99. The zero-order valence-electron chi connectivity index (χ0n) is 10.6. The molecule has 1 aliphatic rings. The summed E-state index contributed by atoms with van der Waals surface area (Å²) >= 11 is 0. The number of Topliss-reactive ketones (excluding diaryl/α,β-unsaturated/α-hetero) is 1. The Hall–Kier alpha value is -0.410. The summed E-state index contributed by atoms with van der Waals surface area (Å²) in [5.74, 6) is 0.663. The van der Waals surface area contributed by atoms with E-state index >= 15 is 0 Å². The van der Waals surface area contributed by atoms with E-state index in [9.17, 15) is 4.79 Å². The van der Waals surface area contributed by atoms with Crippen LogP contribution >= 0.6 is 0 Å². The molecule has 1 rings (SSSR count). The van der Waals surface area contributed by atoms with Crippen molar-refractivity contribution >= 4 is 5.78 Å². The fraction of sp³-hybridized carbons (Fsp3) is 0.923. The third-order valence-electron chi connectivity index (χ3n) is 3.54. The lowest BCUT2D eigenvalue weighted by Crippen LogP contribution is -2.40. The molecule has 94 valence electrons.